The van der Waals surface area contributed by atoms with Crippen LogP contribution in [0, 0.1) is 39.7 Å². The number of aromatic hydroxyl groups is 1. The lowest BCUT2D eigenvalue weighted by atomic mass is 10.0. The number of rotatable bonds is 36. The van der Waals surface area contributed by atoms with E-state index in [1.807, 2.05) is 139 Å². The molecule has 0 heterocycles. The monoisotopic (exact) mass is 1600 g/mol. The molecule has 6 aromatic rings. The van der Waals surface area contributed by atoms with Gasteiger partial charge in [0.15, 0.2) is 0 Å². The van der Waals surface area contributed by atoms with E-state index in [0.29, 0.717) is 96.9 Å². The van der Waals surface area contributed by atoms with Crippen molar-refractivity contribution >= 4 is 111 Å². The number of non-ortho nitro benzene ring substituents is 1. The quantitative estimate of drug-likeness (QED) is 0.00921. The van der Waals surface area contributed by atoms with Gasteiger partial charge in [0.25, 0.3) is 5.69 Å². The smallest absolute Gasteiger partial charge is 0.328 e. The third kappa shape index (κ3) is 41.3. The summed E-state index contributed by atoms with van der Waals surface area (Å²) in [7, 11) is 0. The number of phenolic OH excluding ortho intramolecular Hbond substituents is 1. The number of nitrogens with zero attached hydrogens (tertiary/aromatic N) is 1. The van der Waals surface area contributed by atoms with Crippen LogP contribution < -0.4 is 26.6 Å². The van der Waals surface area contributed by atoms with Crippen LogP contribution in [0.25, 0.3) is 10.8 Å². The summed E-state index contributed by atoms with van der Waals surface area (Å²) >= 11 is 17.6. The number of nitro groups is 1. The normalized spacial score (nSPS) is 12.0. The minimum atomic E-state index is -0.708. The zero-order valence-corrected chi connectivity index (χ0v) is 68.8. The van der Waals surface area contributed by atoms with Gasteiger partial charge in [-0.1, -0.05) is 230 Å². The summed E-state index contributed by atoms with van der Waals surface area (Å²) in [6.07, 6.45) is 2.91. The van der Waals surface area contributed by atoms with Crippen molar-refractivity contribution in [1.82, 2.24) is 26.6 Å². The van der Waals surface area contributed by atoms with Crippen molar-refractivity contribution in [3.05, 3.63) is 186 Å². The molecule has 6 aromatic carbocycles. The molecule has 6 rings (SSSR count). The van der Waals surface area contributed by atoms with Gasteiger partial charge in [-0.25, -0.2) is 24.0 Å². The van der Waals surface area contributed by atoms with E-state index in [1.165, 1.54) is 24.3 Å². The molecular weight excluding hydrogens is 1490 g/mol. The zero-order valence-electron chi connectivity index (χ0n) is 66.6. The Morgan fingerprint density at radius 1 is 0.360 bits per heavy atom. The number of phenols is 1. The fraction of sp³-hybridized carbons (Fsp3) is 0.476. The van der Waals surface area contributed by atoms with Gasteiger partial charge in [0.05, 0.1) is 70.1 Å². The van der Waals surface area contributed by atoms with Crippen molar-refractivity contribution in [2.24, 2.45) is 29.6 Å². The van der Waals surface area contributed by atoms with E-state index < -0.39 is 53.0 Å². The Hall–Kier alpha value is -9.65. The van der Waals surface area contributed by atoms with E-state index in [9.17, 15) is 63.2 Å². The Morgan fingerprint density at radius 3 is 1.05 bits per heavy atom. The van der Waals surface area contributed by atoms with Crippen LogP contribution in [0.1, 0.15) is 164 Å². The molecule has 0 saturated carbocycles. The third-order valence-corrected chi connectivity index (χ3v) is 16.4. The fourth-order valence-corrected chi connectivity index (χ4v) is 10.2. The van der Waals surface area contributed by atoms with Crippen molar-refractivity contribution in [2.45, 2.75) is 198 Å². The molecule has 6 N–H and O–H groups in total. The molecule has 5 atom stereocenters. The lowest BCUT2D eigenvalue weighted by Crippen LogP contribution is -2.42. The van der Waals surface area contributed by atoms with Gasteiger partial charge in [0.1, 0.15) is 36.0 Å². The maximum atomic E-state index is 12.2. The molecule has 111 heavy (non-hydrogen) atoms. The SMILES string of the molecule is CCC(NC(=O)Cc1ccc(Cl)cc1)C(=O)OCC(C)C.CCC(NC(=O)Cc1ccc(Cl)cc1Cl)C(=O)OCC(C)C.CCC(NC(=O)Cc1ccc2ccccc2c1)C(=O)OCC(C)C.CCC(NC(=O)Cc1cccc([N+](=O)[O-])c1)C(=O)OCC(C)C.CCC(NC(=O)Cc1ccccc1O)C(=O)OCC(C)C. The summed E-state index contributed by atoms with van der Waals surface area (Å²) in [4.78, 5) is 130. The molecule has 0 fully saturated rings. The third-order valence-electron chi connectivity index (χ3n) is 15.6. The largest absolute Gasteiger partial charge is 0.508 e. The number of hydrogen-bond donors (Lipinski definition) is 6. The number of hydrogen-bond acceptors (Lipinski definition) is 18. The molecule has 5 amide bonds. The van der Waals surface area contributed by atoms with Crippen molar-refractivity contribution in [2.75, 3.05) is 33.0 Å². The van der Waals surface area contributed by atoms with Crippen LogP contribution in [0.5, 0.6) is 5.75 Å². The minimum absolute atomic E-state index is 0.0284. The Balaban J connectivity index is 0.000000471. The number of para-hydroxylation sites is 1. The molecule has 608 valence electrons. The van der Waals surface area contributed by atoms with Gasteiger partial charge in [-0.15, -0.1) is 0 Å². The zero-order chi connectivity index (χ0) is 83.3. The van der Waals surface area contributed by atoms with Gasteiger partial charge < -0.3 is 55.4 Å². The van der Waals surface area contributed by atoms with E-state index in [1.54, 1.807) is 73.7 Å². The fourth-order valence-electron chi connectivity index (χ4n) is 9.57. The molecule has 27 heteroatoms. The van der Waals surface area contributed by atoms with Crippen LogP contribution in [0.2, 0.25) is 15.1 Å². The van der Waals surface area contributed by atoms with Crippen LogP contribution in [-0.2, 0) is 104 Å². The number of ether oxygens (including phenoxy) is 5. The second kappa shape index (κ2) is 53.3. The van der Waals surface area contributed by atoms with Gasteiger partial charge in [-0.2, -0.15) is 0 Å². The Bertz CT molecular complexity index is 3930. The molecule has 0 aromatic heterocycles. The molecule has 0 radical (unpaired) electrons. The number of benzene rings is 6. The molecule has 0 aliphatic rings. The van der Waals surface area contributed by atoms with Crippen LogP contribution in [0.4, 0.5) is 5.69 Å². The molecule has 0 aliphatic heterocycles. The first kappa shape index (κ1) is 97.4. The van der Waals surface area contributed by atoms with Crippen molar-refractivity contribution in [3.63, 3.8) is 0 Å². The number of fused-ring (bicyclic) bond motifs is 1. The van der Waals surface area contributed by atoms with E-state index in [-0.39, 0.29) is 115 Å². The van der Waals surface area contributed by atoms with Gasteiger partial charge in [-0.3, -0.25) is 34.1 Å². The summed E-state index contributed by atoms with van der Waals surface area (Å²) < 4.78 is 25.8. The minimum Gasteiger partial charge on any atom is -0.508 e. The van der Waals surface area contributed by atoms with Gasteiger partial charge >= 0.3 is 29.8 Å². The Labute approximate surface area is 668 Å². The predicted octanol–water partition coefficient (Wildman–Crippen LogP) is 14.3. The Kier molecular flexibility index (Phi) is 46.8. The molecular formula is C84H113Cl3N6O18. The predicted molar refractivity (Wildman–Crippen MR) is 432 cm³/mol. The summed E-state index contributed by atoms with van der Waals surface area (Å²) in [6.45, 7) is 30.4. The first-order chi connectivity index (χ1) is 52.5. The average molecular weight is 1600 g/mol. The highest BCUT2D eigenvalue weighted by Gasteiger charge is 2.26. The second-order valence-electron chi connectivity index (χ2n) is 28.2. The van der Waals surface area contributed by atoms with Crippen molar-refractivity contribution < 1.29 is 81.7 Å². The van der Waals surface area contributed by atoms with Gasteiger partial charge in [0, 0.05) is 32.8 Å². The summed E-state index contributed by atoms with van der Waals surface area (Å²) in [6, 6.07) is 35.3. The van der Waals surface area contributed by atoms with Crippen LogP contribution in [0.15, 0.2) is 133 Å². The first-order valence-corrected chi connectivity index (χ1v) is 38.6. The number of halogens is 3. The van der Waals surface area contributed by atoms with Gasteiger partial charge in [0.2, 0.25) is 29.5 Å². The lowest BCUT2D eigenvalue weighted by molar-refractivity contribution is -0.384. The highest BCUT2D eigenvalue weighted by atomic mass is 35.5. The first-order valence-electron chi connectivity index (χ1n) is 37.5. The maximum Gasteiger partial charge on any atom is 0.328 e. The summed E-state index contributed by atoms with van der Waals surface area (Å²) in [5, 5.41) is 37.6. The molecule has 24 nitrogen and oxygen atoms in total. The molecule has 0 bridgehead atoms. The average Bonchev–Trinajstić information content (AvgIpc) is 0.841. The second-order valence-corrected chi connectivity index (χ2v) is 29.5. The van der Waals surface area contributed by atoms with Crippen LogP contribution in [0.3, 0.4) is 0 Å². The lowest BCUT2D eigenvalue weighted by Gasteiger charge is -2.17. The molecule has 5 unspecified atom stereocenters. The molecule has 0 saturated heterocycles. The number of nitrogens with one attached hydrogen (secondary N) is 5. The molecule has 0 spiro atoms. The highest BCUT2D eigenvalue weighted by Crippen LogP contribution is 2.23. The number of amides is 5. The van der Waals surface area contributed by atoms with E-state index in [0.717, 1.165) is 21.9 Å². The van der Waals surface area contributed by atoms with E-state index in [2.05, 4.69) is 26.6 Å². The summed E-state index contributed by atoms with van der Waals surface area (Å²) in [5.74, 6) is -2.03. The highest BCUT2D eigenvalue weighted by molar-refractivity contribution is 6.35. The number of carbonyl (C=O) groups is 10. The number of esters is 5. The Morgan fingerprint density at radius 2 is 0.685 bits per heavy atom. The van der Waals surface area contributed by atoms with E-state index in [4.69, 9.17) is 58.5 Å². The number of nitro benzene ring substituents is 1. The standard InChI is InChI=1S/C20H25NO3.C16H21Cl2NO3.C16H22ClNO3.C16H22N2O5.C16H23NO4/c1-4-18(20(23)24-13-14(2)3)21-19(22)12-15-9-10-16-7-5-6-8-17(16)11-15;1-4-14(16(21)22-9-10(2)3)19-15(20)7-11-5-6-12(17)8-13(11)18;1-4-14(16(20)21-10-11(2)3)18-15(19)9-12-5-7-13(17)8-6-12;1-4-14(16(20)23-10-11(2)3)17-15(19)9-12-6-5-7-13(8-12)18(21)22;1-4-13(16(20)21-10-11(2)3)17-15(19)9-12-7-5-6-8-14(12)18/h5-11,14,18H,4,12-13H2,1-3H3,(H,21,22);5-6,8,10,14H,4,7,9H2,1-3H3,(H,19,20);5-8,11,14H,4,9-10H2,1-3H3,(H,18,19);5-8,11,14H,4,9-10H2,1-3H3,(H,17,19);5-8,11,13,18H,4,9-10H2,1-3H3,(H,17,19). The molecule has 0 aliphatic carbocycles. The topological polar surface area (TPSA) is 340 Å². The van der Waals surface area contributed by atoms with Crippen LogP contribution >= 0.6 is 34.8 Å². The van der Waals surface area contributed by atoms with E-state index >= 15 is 0 Å². The van der Waals surface area contributed by atoms with Crippen LogP contribution in [-0.4, -0.2) is 133 Å². The van der Waals surface area contributed by atoms with Crippen molar-refractivity contribution in [1.29, 1.82) is 0 Å². The van der Waals surface area contributed by atoms with Gasteiger partial charge in [-0.05, 0) is 125 Å². The maximum absolute atomic E-state index is 12.2. The number of carbonyl (C=O) groups excluding carboxylic acids is 10. The summed E-state index contributed by atoms with van der Waals surface area (Å²) in [5.41, 5.74) is 3.41. The van der Waals surface area contributed by atoms with Crippen molar-refractivity contribution in [3.8, 4) is 5.75 Å².